The molecule has 5 nitrogen and oxygen atoms in total. The predicted octanol–water partition coefficient (Wildman–Crippen LogP) is 5.00. The average Bonchev–Trinajstić information content (AvgIpc) is 2.98. The third kappa shape index (κ3) is 3.01. The Morgan fingerprint density at radius 1 is 0.962 bits per heavy atom. The molecule has 4 rings (SSSR count). The quantitative estimate of drug-likeness (QED) is 0.419. The first-order valence-electron chi connectivity index (χ1n) is 7.75. The number of rotatable bonds is 4. The molecule has 0 saturated heterocycles. The zero-order valence-electron chi connectivity index (χ0n) is 13.7. The van der Waals surface area contributed by atoms with Crippen LogP contribution in [-0.2, 0) is 10.0 Å². The summed E-state index contributed by atoms with van der Waals surface area (Å²) in [6.45, 7) is 0. The Balaban J connectivity index is 1.82. The summed E-state index contributed by atoms with van der Waals surface area (Å²) in [5.74, 6) is 0.429. The van der Waals surface area contributed by atoms with E-state index in [0.717, 1.165) is 19.9 Å². The first-order valence-corrected chi connectivity index (χ1v) is 10.3. The summed E-state index contributed by atoms with van der Waals surface area (Å²) in [4.78, 5) is 0.185. The Hall–Kier alpha value is -2.26. The van der Waals surface area contributed by atoms with E-state index in [2.05, 4.69) is 27.3 Å². The van der Waals surface area contributed by atoms with Crippen molar-refractivity contribution < 1.29 is 17.6 Å². The minimum Gasteiger partial charge on any atom is -0.495 e. The fourth-order valence-electron chi connectivity index (χ4n) is 2.82. The molecule has 0 unspecified atom stereocenters. The smallest absolute Gasteiger partial charge is 0.262 e. The van der Waals surface area contributed by atoms with Crippen molar-refractivity contribution >= 4 is 60.2 Å². The van der Waals surface area contributed by atoms with Gasteiger partial charge in [-0.15, -0.1) is 0 Å². The molecule has 0 aliphatic rings. The van der Waals surface area contributed by atoms with Crippen LogP contribution in [0.2, 0.25) is 0 Å². The second-order valence-electron chi connectivity index (χ2n) is 5.71. The molecule has 132 valence electrons. The van der Waals surface area contributed by atoms with E-state index < -0.39 is 10.0 Å². The zero-order valence-corrected chi connectivity index (χ0v) is 16.7. The molecular formula is C19H14INO4S. The van der Waals surface area contributed by atoms with Gasteiger partial charge >= 0.3 is 0 Å². The van der Waals surface area contributed by atoms with Gasteiger partial charge in [-0.3, -0.25) is 4.72 Å². The molecule has 1 aromatic heterocycles. The van der Waals surface area contributed by atoms with E-state index in [1.54, 1.807) is 36.4 Å². The number of furan rings is 1. The van der Waals surface area contributed by atoms with Crippen LogP contribution < -0.4 is 9.46 Å². The van der Waals surface area contributed by atoms with Crippen LogP contribution >= 0.6 is 22.6 Å². The number of hydrogen-bond acceptors (Lipinski definition) is 4. The molecule has 0 radical (unpaired) electrons. The first-order chi connectivity index (χ1) is 12.5. The third-order valence-electron chi connectivity index (χ3n) is 4.07. The maximum atomic E-state index is 12.7. The van der Waals surface area contributed by atoms with Crippen LogP contribution in [0.5, 0.6) is 5.75 Å². The minimum atomic E-state index is -3.74. The molecule has 0 bridgehead atoms. The highest BCUT2D eigenvalue weighted by molar-refractivity contribution is 14.1. The summed E-state index contributed by atoms with van der Waals surface area (Å²) in [6, 6.07) is 17.7. The lowest BCUT2D eigenvalue weighted by Crippen LogP contribution is -2.13. The summed E-state index contributed by atoms with van der Waals surface area (Å²) < 4.78 is 40.2. The number of methoxy groups -OCH3 is 1. The maximum absolute atomic E-state index is 12.7. The van der Waals surface area contributed by atoms with Crippen molar-refractivity contribution in [3.8, 4) is 5.75 Å². The average molecular weight is 479 g/mol. The minimum absolute atomic E-state index is 0.185. The van der Waals surface area contributed by atoms with Crippen molar-refractivity contribution in [1.82, 2.24) is 0 Å². The van der Waals surface area contributed by atoms with Gasteiger partial charge in [0.1, 0.15) is 16.9 Å². The summed E-state index contributed by atoms with van der Waals surface area (Å²) in [7, 11) is -2.23. The van der Waals surface area contributed by atoms with Gasteiger partial charge in [0.15, 0.2) is 0 Å². The lowest BCUT2D eigenvalue weighted by Gasteiger charge is -2.12. The fourth-order valence-corrected chi connectivity index (χ4v) is 4.24. The van der Waals surface area contributed by atoms with Crippen molar-refractivity contribution in [2.75, 3.05) is 11.8 Å². The number of nitrogens with one attached hydrogen (secondary N) is 1. The topological polar surface area (TPSA) is 68.5 Å². The summed E-state index contributed by atoms with van der Waals surface area (Å²) in [5.41, 5.74) is 1.66. The molecule has 3 aromatic carbocycles. The van der Waals surface area contributed by atoms with Crippen LogP contribution in [0.1, 0.15) is 0 Å². The highest BCUT2D eigenvalue weighted by atomic mass is 127. The second-order valence-corrected chi connectivity index (χ2v) is 8.63. The van der Waals surface area contributed by atoms with Gasteiger partial charge in [0, 0.05) is 20.4 Å². The Morgan fingerprint density at radius 2 is 1.69 bits per heavy atom. The van der Waals surface area contributed by atoms with E-state index in [9.17, 15) is 8.42 Å². The fraction of sp³-hybridized carbons (Fsp3) is 0.0526. The number of ether oxygens (including phenoxy) is 1. The van der Waals surface area contributed by atoms with E-state index in [1.807, 2.05) is 24.3 Å². The summed E-state index contributed by atoms with van der Waals surface area (Å²) in [5, 5.41) is 1.82. The Bertz CT molecular complexity index is 1210. The molecule has 7 heteroatoms. The van der Waals surface area contributed by atoms with Gasteiger partial charge in [0.2, 0.25) is 0 Å². The molecule has 1 heterocycles. The number of para-hydroxylation sites is 1. The molecular weight excluding hydrogens is 465 g/mol. The van der Waals surface area contributed by atoms with E-state index in [0.29, 0.717) is 17.0 Å². The standard InChI is InChI=1S/C19H14INO4S/c1-24-19-10-15-14-4-2-3-5-17(14)25-18(15)11-16(19)21-26(22,23)13-8-6-12(20)7-9-13/h2-11,21H,1H3. The second kappa shape index (κ2) is 6.48. The van der Waals surface area contributed by atoms with Crippen molar-refractivity contribution in [3.63, 3.8) is 0 Å². The first kappa shape index (κ1) is 17.2. The molecule has 0 amide bonds. The van der Waals surface area contributed by atoms with Gasteiger partial charge in [-0.2, -0.15) is 0 Å². The predicted molar refractivity (Wildman–Crippen MR) is 110 cm³/mol. The maximum Gasteiger partial charge on any atom is 0.262 e. The number of hydrogen-bond donors (Lipinski definition) is 1. The number of sulfonamides is 1. The molecule has 0 atom stereocenters. The van der Waals surface area contributed by atoms with Crippen LogP contribution in [0.15, 0.2) is 70.0 Å². The van der Waals surface area contributed by atoms with E-state index in [-0.39, 0.29) is 4.90 Å². The molecule has 1 N–H and O–H groups in total. The summed E-state index contributed by atoms with van der Waals surface area (Å²) >= 11 is 2.13. The van der Waals surface area contributed by atoms with Crippen LogP contribution in [0, 0.1) is 3.57 Å². The zero-order chi connectivity index (χ0) is 18.3. The highest BCUT2D eigenvalue weighted by Crippen LogP contribution is 2.37. The number of halogens is 1. The van der Waals surface area contributed by atoms with Crippen LogP contribution in [-0.4, -0.2) is 15.5 Å². The van der Waals surface area contributed by atoms with Gasteiger partial charge in [0.05, 0.1) is 17.7 Å². The Kier molecular flexibility index (Phi) is 4.28. The lowest BCUT2D eigenvalue weighted by atomic mass is 10.1. The van der Waals surface area contributed by atoms with Crippen molar-refractivity contribution in [2.45, 2.75) is 4.90 Å². The molecule has 26 heavy (non-hydrogen) atoms. The van der Waals surface area contributed by atoms with Crippen molar-refractivity contribution in [2.24, 2.45) is 0 Å². The molecule has 0 fully saturated rings. The normalized spacial score (nSPS) is 11.8. The van der Waals surface area contributed by atoms with Gasteiger partial charge in [0.25, 0.3) is 10.0 Å². The van der Waals surface area contributed by atoms with Crippen LogP contribution in [0.25, 0.3) is 21.9 Å². The lowest BCUT2D eigenvalue weighted by molar-refractivity contribution is 0.417. The van der Waals surface area contributed by atoms with Crippen LogP contribution in [0.4, 0.5) is 5.69 Å². The van der Waals surface area contributed by atoms with Gasteiger partial charge in [-0.25, -0.2) is 8.42 Å². The van der Waals surface area contributed by atoms with Gasteiger partial charge < -0.3 is 9.15 Å². The van der Waals surface area contributed by atoms with Gasteiger partial charge in [-0.05, 0) is 59.0 Å². The number of benzene rings is 3. The number of anilines is 1. The Morgan fingerprint density at radius 3 is 2.42 bits per heavy atom. The van der Waals surface area contributed by atoms with Crippen molar-refractivity contribution in [3.05, 3.63) is 64.2 Å². The largest absolute Gasteiger partial charge is 0.495 e. The molecule has 0 saturated carbocycles. The SMILES string of the molecule is COc1cc2c(cc1NS(=O)(=O)c1ccc(I)cc1)oc1ccccc12. The van der Waals surface area contributed by atoms with Crippen LogP contribution in [0.3, 0.4) is 0 Å². The third-order valence-corrected chi connectivity index (χ3v) is 6.17. The monoisotopic (exact) mass is 479 g/mol. The molecule has 0 aliphatic carbocycles. The van der Waals surface area contributed by atoms with E-state index in [4.69, 9.17) is 9.15 Å². The molecule has 4 aromatic rings. The highest BCUT2D eigenvalue weighted by Gasteiger charge is 2.19. The van der Waals surface area contributed by atoms with E-state index in [1.165, 1.54) is 7.11 Å². The molecule has 0 spiro atoms. The Labute approximate surface area is 164 Å². The van der Waals surface area contributed by atoms with Gasteiger partial charge in [-0.1, -0.05) is 18.2 Å². The van der Waals surface area contributed by atoms with Crippen molar-refractivity contribution in [1.29, 1.82) is 0 Å². The number of fused-ring (bicyclic) bond motifs is 3. The van der Waals surface area contributed by atoms with E-state index >= 15 is 0 Å². The molecule has 0 aliphatic heterocycles. The summed E-state index contributed by atoms with van der Waals surface area (Å²) in [6.07, 6.45) is 0.